The summed E-state index contributed by atoms with van der Waals surface area (Å²) >= 11 is 0. The Morgan fingerprint density at radius 3 is 2.47 bits per heavy atom. The summed E-state index contributed by atoms with van der Waals surface area (Å²) < 4.78 is 12.0. The number of aromatic nitrogens is 3. The first kappa shape index (κ1) is 21.0. The van der Waals surface area contributed by atoms with Gasteiger partial charge in [0, 0.05) is 11.6 Å². The van der Waals surface area contributed by atoms with Gasteiger partial charge in [0.1, 0.15) is 0 Å². The van der Waals surface area contributed by atoms with Crippen molar-refractivity contribution >= 4 is 16.7 Å². The van der Waals surface area contributed by atoms with Crippen molar-refractivity contribution in [3.63, 3.8) is 0 Å². The lowest BCUT2D eigenvalue weighted by Gasteiger charge is -2.14. The lowest BCUT2D eigenvalue weighted by molar-refractivity contribution is 0.0946. The highest BCUT2D eigenvalue weighted by Gasteiger charge is 2.17. The van der Waals surface area contributed by atoms with E-state index in [9.17, 15) is 9.59 Å². The van der Waals surface area contributed by atoms with Crippen LogP contribution < -0.4 is 20.3 Å². The quantitative estimate of drug-likeness (QED) is 0.484. The number of hydrogen-bond acceptors (Lipinski definition) is 6. The smallest absolute Gasteiger partial charge is 0.275 e. The van der Waals surface area contributed by atoms with Crippen LogP contribution in [-0.2, 0) is 13.1 Å². The maximum absolute atomic E-state index is 13.0. The number of hydrogen-bond donors (Lipinski definition) is 1. The Balaban J connectivity index is 1.67. The van der Waals surface area contributed by atoms with Crippen molar-refractivity contribution in [3.8, 4) is 11.5 Å². The number of pyridine rings is 1. The number of ether oxygens (including phenoxy) is 2. The zero-order valence-electron chi connectivity index (χ0n) is 17.7. The van der Waals surface area contributed by atoms with Gasteiger partial charge in [0.05, 0.1) is 49.6 Å². The molecule has 0 aliphatic carbocycles. The molecule has 0 aliphatic heterocycles. The second-order valence-corrected chi connectivity index (χ2v) is 7.00. The van der Waals surface area contributed by atoms with Crippen molar-refractivity contribution < 1.29 is 14.3 Å². The van der Waals surface area contributed by atoms with E-state index in [4.69, 9.17) is 9.47 Å². The summed E-state index contributed by atoms with van der Waals surface area (Å²) in [6.07, 6.45) is 1.67. The molecular weight excluding hydrogens is 408 g/mol. The average molecular weight is 430 g/mol. The largest absolute Gasteiger partial charge is 0.493 e. The summed E-state index contributed by atoms with van der Waals surface area (Å²) in [5.41, 5.74) is 1.42. The summed E-state index contributed by atoms with van der Waals surface area (Å²) in [6.45, 7) is 0.359. The topological polar surface area (TPSA) is 95.3 Å². The van der Waals surface area contributed by atoms with Crippen molar-refractivity contribution in [1.29, 1.82) is 0 Å². The van der Waals surface area contributed by atoms with E-state index in [0.717, 1.165) is 0 Å². The van der Waals surface area contributed by atoms with Crippen LogP contribution in [-0.4, -0.2) is 34.9 Å². The Kier molecular flexibility index (Phi) is 6.12. The molecule has 8 nitrogen and oxygen atoms in total. The molecular formula is C24H22N4O4. The molecule has 0 aliphatic rings. The maximum atomic E-state index is 13.0. The number of fused-ring (bicyclic) bond motifs is 1. The predicted octanol–water partition coefficient (Wildman–Crippen LogP) is 2.79. The highest BCUT2D eigenvalue weighted by Crippen LogP contribution is 2.30. The zero-order chi connectivity index (χ0) is 22.5. The van der Waals surface area contributed by atoms with Gasteiger partial charge in [0.2, 0.25) is 0 Å². The molecule has 0 atom stereocenters. The summed E-state index contributed by atoms with van der Waals surface area (Å²) in [5, 5.41) is 8.62. The van der Waals surface area contributed by atoms with E-state index in [1.807, 2.05) is 30.3 Å². The van der Waals surface area contributed by atoms with Crippen LogP contribution in [0.4, 0.5) is 0 Å². The molecule has 1 N–H and O–H groups in total. The number of nitrogens with zero attached hydrogens (tertiary/aromatic N) is 3. The molecule has 1 amide bonds. The second-order valence-electron chi connectivity index (χ2n) is 7.00. The molecule has 2 heterocycles. The van der Waals surface area contributed by atoms with E-state index in [0.29, 0.717) is 39.2 Å². The molecule has 8 heteroatoms. The fourth-order valence-electron chi connectivity index (χ4n) is 3.51. The number of methoxy groups -OCH3 is 2. The molecule has 0 spiro atoms. The Morgan fingerprint density at radius 2 is 1.75 bits per heavy atom. The molecule has 2 aromatic heterocycles. The van der Waals surface area contributed by atoms with Crippen LogP contribution in [0.5, 0.6) is 11.5 Å². The number of para-hydroxylation sites is 1. The minimum Gasteiger partial charge on any atom is -0.493 e. The molecule has 0 saturated carbocycles. The second kappa shape index (κ2) is 9.30. The third-order valence-corrected chi connectivity index (χ3v) is 5.05. The molecule has 162 valence electrons. The molecule has 0 radical (unpaired) electrons. The summed E-state index contributed by atoms with van der Waals surface area (Å²) in [4.78, 5) is 30.1. The highest BCUT2D eigenvalue weighted by molar-refractivity contribution is 5.98. The minimum atomic E-state index is -0.339. The third-order valence-electron chi connectivity index (χ3n) is 5.05. The molecule has 2 aromatic carbocycles. The van der Waals surface area contributed by atoms with E-state index < -0.39 is 0 Å². The lowest BCUT2D eigenvalue weighted by atomic mass is 10.1. The first-order chi connectivity index (χ1) is 15.6. The SMILES string of the molecule is COc1cccc(C(=O)NCc2nn(Cc3ccccn3)c(=O)c3ccccc23)c1OC. The number of rotatable bonds is 7. The van der Waals surface area contributed by atoms with Crippen molar-refractivity contribution in [1.82, 2.24) is 20.1 Å². The van der Waals surface area contributed by atoms with Crippen molar-refractivity contribution in [2.24, 2.45) is 0 Å². The van der Waals surface area contributed by atoms with Crippen LogP contribution in [0.15, 0.2) is 71.7 Å². The van der Waals surface area contributed by atoms with Crippen LogP contribution in [0.1, 0.15) is 21.7 Å². The molecule has 4 aromatic rings. The van der Waals surface area contributed by atoms with Crippen LogP contribution >= 0.6 is 0 Å². The Bertz CT molecular complexity index is 1320. The summed E-state index contributed by atoms with van der Waals surface area (Å²) in [7, 11) is 3.00. The molecule has 0 fully saturated rings. The first-order valence-electron chi connectivity index (χ1n) is 10.00. The van der Waals surface area contributed by atoms with Gasteiger partial charge >= 0.3 is 0 Å². The molecule has 32 heavy (non-hydrogen) atoms. The van der Waals surface area contributed by atoms with Crippen LogP contribution in [0.2, 0.25) is 0 Å². The fourth-order valence-corrected chi connectivity index (χ4v) is 3.51. The van der Waals surface area contributed by atoms with Gasteiger partial charge < -0.3 is 14.8 Å². The molecule has 4 rings (SSSR count). The standard InChI is InChI=1S/C24H22N4O4/c1-31-21-12-7-11-19(22(21)32-2)23(29)26-14-20-17-9-3-4-10-18(17)24(30)28(27-20)15-16-8-5-6-13-25-16/h3-13H,14-15H2,1-2H3,(H,26,29). The third kappa shape index (κ3) is 4.15. The minimum absolute atomic E-state index is 0.127. The number of carbonyl (C=O) groups is 1. The van der Waals surface area contributed by atoms with Crippen molar-refractivity contribution in [3.05, 3.63) is 94.2 Å². The van der Waals surface area contributed by atoms with Gasteiger partial charge in [-0.25, -0.2) is 4.68 Å². The first-order valence-corrected chi connectivity index (χ1v) is 10.00. The van der Waals surface area contributed by atoms with E-state index in [-0.39, 0.29) is 24.6 Å². The normalized spacial score (nSPS) is 10.7. The molecule has 0 bridgehead atoms. The van der Waals surface area contributed by atoms with E-state index in [1.54, 1.807) is 36.5 Å². The Labute approximate surface area is 184 Å². The molecule has 0 unspecified atom stereocenters. The predicted molar refractivity (Wildman–Crippen MR) is 120 cm³/mol. The van der Waals surface area contributed by atoms with Gasteiger partial charge in [0.25, 0.3) is 11.5 Å². The van der Waals surface area contributed by atoms with Gasteiger partial charge in [0.15, 0.2) is 11.5 Å². The van der Waals surface area contributed by atoms with Gasteiger partial charge in [-0.2, -0.15) is 5.10 Å². The summed E-state index contributed by atoms with van der Waals surface area (Å²) in [6, 6.07) is 17.8. The monoisotopic (exact) mass is 430 g/mol. The van der Waals surface area contributed by atoms with E-state index in [1.165, 1.54) is 18.9 Å². The number of carbonyl (C=O) groups excluding carboxylic acids is 1. The van der Waals surface area contributed by atoms with Gasteiger partial charge in [-0.1, -0.05) is 30.3 Å². The van der Waals surface area contributed by atoms with Gasteiger partial charge in [-0.3, -0.25) is 14.6 Å². The van der Waals surface area contributed by atoms with Gasteiger partial charge in [-0.05, 0) is 30.3 Å². The number of amides is 1. The number of benzene rings is 2. The Morgan fingerprint density at radius 1 is 0.969 bits per heavy atom. The lowest BCUT2D eigenvalue weighted by Crippen LogP contribution is -2.29. The van der Waals surface area contributed by atoms with Gasteiger partial charge in [-0.15, -0.1) is 0 Å². The van der Waals surface area contributed by atoms with Crippen LogP contribution in [0.3, 0.4) is 0 Å². The van der Waals surface area contributed by atoms with Crippen molar-refractivity contribution in [2.75, 3.05) is 14.2 Å². The zero-order valence-corrected chi connectivity index (χ0v) is 17.7. The highest BCUT2D eigenvalue weighted by atomic mass is 16.5. The Hall–Kier alpha value is -4.20. The molecule has 0 saturated heterocycles. The van der Waals surface area contributed by atoms with Crippen LogP contribution in [0.25, 0.3) is 10.8 Å². The maximum Gasteiger partial charge on any atom is 0.275 e. The van der Waals surface area contributed by atoms with E-state index in [2.05, 4.69) is 15.4 Å². The van der Waals surface area contributed by atoms with E-state index >= 15 is 0 Å². The number of nitrogens with one attached hydrogen (secondary N) is 1. The van der Waals surface area contributed by atoms with Crippen LogP contribution in [0, 0.1) is 0 Å². The average Bonchev–Trinajstić information content (AvgIpc) is 2.84. The van der Waals surface area contributed by atoms with Crippen molar-refractivity contribution in [2.45, 2.75) is 13.1 Å². The summed E-state index contributed by atoms with van der Waals surface area (Å²) in [5.74, 6) is 0.479. The fraction of sp³-hybridized carbons (Fsp3) is 0.167.